The van der Waals surface area contributed by atoms with Gasteiger partial charge in [-0.1, -0.05) is 77.7 Å². The Balaban J connectivity index is 1.39. The molecule has 1 aliphatic rings. The van der Waals surface area contributed by atoms with Gasteiger partial charge in [-0.3, -0.25) is 14.5 Å². The van der Waals surface area contributed by atoms with E-state index < -0.39 is 29.3 Å². The average Bonchev–Trinajstić information content (AvgIpc) is 3.61. The maximum atomic E-state index is 14.6. The van der Waals surface area contributed by atoms with Gasteiger partial charge in [0.2, 0.25) is 5.13 Å². The molecule has 2 heterocycles. The van der Waals surface area contributed by atoms with E-state index >= 15 is 0 Å². The zero-order valence-corrected chi connectivity index (χ0v) is 24.6. The van der Waals surface area contributed by atoms with Crippen LogP contribution in [0, 0.1) is 5.82 Å². The minimum absolute atomic E-state index is 0.0211. The molecule has 5 aromatic rings. The van der Waals surface area contributed by atoms with Crippen molar-refractivity contribution < 1.29 is 28.6 Å². The van der Waals surface area contributed by atoms with Gasteiger partial charge in [0.1, 0.15) is 11.5 Å². The van der Waals surface area contributed by atoms with E-state index in [1.807, 2.05) is 18.2 Å². The van der Waals surface area contributed by atoms with Crippen LogP contribution in [-0.4, -0.2) is 41.2 Å². The molecule has 1 amide bonds. The van der Waals surface area contributed by atoms with E-state index in [2.05, 4.69) is 34.5 Å². The van der Waals surface area contributed by atoms with Crippen LogP contribution < -0.4 is 14.4 Å². The van der Waals surface area contributed by atoms with Crippen molar-refractivity contribution in [2.45, 2.75) is 16.1 Å². The number of rotatable bonds is 8. The first-order valence-electron chi connectivity index (χ1n) is 13.1. The molecule has 0 spiro atoms. The van der Waals surface area contributed by atoms with E-state index in [9.17, 15) is 19.1 Å². The molecular formula is C32H24FN3O5S2. The number of thioether (sulfide) groups is 1. The number of methoxy groups -OCH3 is 2. The van der Waals surface area contributed by atoms with Crippen LogP contribution in [0.15, 0.2) is 94.8 Å². The molecule has 1 aliphatic heterocycles. The predicted octanol–water partition coefficient (Wildman–Crippen LogP) is 6.77. The molecule has 1 fully saturated rings. The van der Waals surface area contributed by atoms with Gasteiger partial charge in [-0.25, -0.2) is 4.39 Å². The zero-order chi connectivity index (χ0) is 30.1. The van der Waals surface area contributed by atoms with Crippen molar-refractivity contribution in [2.75, 3.05) is 19.1 Å². The summed E-state index contributed by atoms with van der Waals surface area (Å²) in [6, 6.07) is 23.8. The molecular weight excluding hydrogens is 590 g/mol. The third kappa shape index (κ3) is 5.33. The molecule has 1 unspecified atom stereocenters. The molecule has 8 nitrogen and oxygen atoms in total. The third-order valence-electron chi connectivity index (χ3n) is 7.11. The number of hydrogen-bond acceptors (Lipinski definition) is 9. The third-order valence-corrected chi connectivity index (χ3v) is 9.22. The standard InChI is InChI=1S/C32H24FN3O5S2/c1-40-22-11-6-9-19(15-22)27-26(28(37)20-13-14-25(41-2)24(33)16-20)29(38)30(39)36(27)31-34-35-32(43-31)42-17-21-10-5-8-18-7-3-4-12-23(18)21/h3-16,27,37H,17H2,1-2H3/b28-26+. The molecule has 43 heavy (non-hydrogen) atoms. The number of carbonyl (C=O) groups excluding carboxylic acids is 2. The van der Waals surface area contributed by atoms with Gasteiger partial charge in [0.25, 0.3) is 5.78 Å². The molecule has 1 N–H and O–H groups in total. The second kappa shape index (κ2) is 11.9. The monoisotopic (exact) mass is 613 g/mol. The van der Waals surface area contributed by atoms with Crippen molar-refractivity contribution >= 4 is 56.5 Å². The van der Waals surface area contributed by atoms with Crippen LogP contribution >= 0.6 is 23.1 Å². The number of aliphatic hydroxyl groups is 1. The van der Waals surface area contributed by atoms with Crippen LogP contribution in [0.5, 0.6) is 11.5 Å². The number of hydrogen-bond donors (Lipinski definition) is 1. The second-order valence-electron chi connectivity index (χ2n) is 9.57. The number of aromatic nitrogens is 2. The molecule has 0 radical (unpaired) electrons. The summed E-state index contributed by atoms with van der Waals surface area (Å²) in [6.45, 7) is 0. The number of anilines is 1. The number of benzene rings is 4. The summed E-state index contributed by atoms with van der Waals surface area (Å²) < 4.78 is 25.5. The summed E-state index contributed by atoms with van der Waals surface area (Å²) in [5.74, 6) is -1.98. The first-order valence-corrected chi connectivity index (χ1v) is 14.9. The lowest BCUT2D eigenvalue weighted by Gasteiger charge is -2.23. The average molecular weight is 614 g/mol. The summed E-state index contributed by atoms with van der Waals surface area (Å²) in [5.41, 5.74) is 1.44. The number of ether oxygens (including phenoxy) is 2. The number of ketones is 1. The summed E-state index contributed by atoms with van der Waals surface area (Å²) in [5, 5.41) is 22.4. The molecule has 216 valence electrons. The van der Waals surface area contributed by atoms with Gasteiger partial charge in [0.15, 0.2) is 15.9 Å². The number of halogens is 1. The quantitative estimate of drug-likeness (QED) is 0.0673. The molecule has 1 atom stereocenters. The summed E-state index contributed by atoms with van der Waals surface area (Å²) in [7, 11) is 2.82. The first kappa shape index (κ1) is 28.4. The summed E-state index contributed by atoms with van der Waals surface area (Å²) in [6.07, 6.45) is 0. The second-order valence-corrected chi connectivity index (χ2v) is 11.8. The number of aliphatic hydroxyl groups excluding tert-OH is 1. The van der Waals surface area contributed by atoms with Crippen molar-refractivity contribution in [3.05, 3.63) is 113 Å². The summed E-state index contributed by atoms with van der Waals surface area (Å²) in [4.78, 5) is 28.2. The van der Waals surface area contributed by atoms with E-state index in [0.717, 1.165) is 22.4 Å². The maximum absolute atomic E-state index is 14.6. The highest BCUT2D eigenvalue weighted by atomic mass is 32.2. The fraction of sp³-hybridized carbons (Fsp3) is 0.125. The fourth-order valence-electron chi connectivity index (χ4n) is 5.04. The highest BCUT2D eigenvalue weighted by molar-refractivity contribution is 8.00. The van der Waals surface area contributed by atoms with Crippen molar-refractivity contribution in [1.29, 1.82) is 0 Å². The Morgan fingerprint density at radius 3 is 2.56 bits per heavy atom. The van der Waals surface area contributed by atoms with Gasteiger partial charge in [0.05, 0.1) is 25.8 Å². The van der Waals surface area contributed by atoms with Crippen molar-refractivity contribution in [3.63, 3.8) is 0 Å². The predicted molar refractivity (Wildman–Crippen MR) is 164 cm³/mol. The molecule has 0 bridgehead atoms. The normalized spacial score (nSPS) is 16.2. The maximum Gasteiger partial charge on any atom is 0.301 e. The molecule has 1 aromatic heterocycles. The van der Waals surface area contributed by atoms with Crippen LogP contribution in [0.25, 0.3) is 16.5 Å². The summed E-state index contributed by atoms with van der Waals surface area (Å²) >= 11 is 2.64. The highest BCUT2D eigenvalue weighted by Gasteiger charge is 2.48. The Hall–Kier alpha value is -4.74. The minimum atomic E-state index is -1.07. The van der Waals surface area contributed by atoms with Crippen LogP contribution in [0.1, 0.15) is 22.7 Å². The molecule has 6 rings (SSSR count). The van der Waals surface area contributed by atoms with Gasteiger partial charge < -0.3 is 14.6 Å². The number of Topliss-reactive ketones (excluding diaryl/α,β-unsaturated/α-hetero) is 1. The molecule has 0 saturated carbocycles. The minimum Gasteiger partial charge on any atom is -0.507 e. The molecule has 1 saturated heterocycles. The van der Waals surface area contributed by atoms with Gasteiger partial charge in [0, 0.05) is 11.3 Å². The fourth-order valence-corrected chi connectivity index (χ4v) is 6.91. The zero-order valence-electron chi connectivity index (χ0n) is 23.0. The first-order chi connectivity index (χ1) is 20.9. The Bertz CT molecular complexity index is 1900. The number of nitrogens with zero attached hydrogens (tertiary/aromatic N) is 3. The van der Waals surface area contributed by atoms with Gasteiger partial charge >= 0.3 is 5.91 Å². The molecule has 11 heteroatoms. The number of amides is 1. The van der Waals surface area contributed by atoms with Crippen molar-refractivity contribution in [2.24, 2.45) is 0 Å². The Labute approximate surface area is 254 Å². The molecule has 0 aliphatic carbocycles. The largest absolute Gasteiger partial charge is 0.507 e. The highest BCUT2D eigenvalue weighted by Crippen LogP contribution is 2.45. The Morgan fingerprint density at radius 2 is 1.77 bits per heavy atom. The van der Waals surface area contributed by atoms with E-state index in [4.69, 9.17) is 9.47 Å². The Kier molecular flexibility index (Phi) is 7.83. The van der Waals surface area contributed by atoms with E-state index in [1.165, 1.54) is 54.4 Å². The van der Waals surface area contributed by atoms with Crippen LogP contribution in [0.2, 0.25) is 0 Å². The van der Waals surface area contributed by atoms with E-state index in [0.29, 0.717) is 21.4 Å². The SMILES string of the molecule is COc1cccc(C2/C(=C(\O)c3ccc(OC)c(F)c3)C(=O)C(=O)N2c2nnc(SCc3cccc4ccccc34)s2)c1. The Morgan fingerprint density at radius 1 is 0.977 bits per heavy atom. The van der Waals surface area contributed by atoms with Gasteiger partial charge in [-0.2, -0.15) is 0 Å². The molecule has 4 aromatic carbocycles. The van der Waals surface area contributed by atoms with E-state index in [-0.39, 0.29) is 22.0 Å². The van der Waals surface area contributed by atoms with E-state index in [1.54, 1.807) is 24.3 Å². The topological polar surface area (TPSA) is 102 Å². The lowest BCUT2D eigenvalue weighted by Crippen LogP contribution is -2.29. The number of fused-ring (bicyclic) bond motifs is 1. The lowest BCUT2D eigenvalue weighted by molar-refractivity contribution is -0.132. The van der Waals surface area contributed by atoms with Crippen LogP contribution in [0.3, 0.4) is 0 Å². The van der Waals surface area contributed by atoms with Crippen LogP contribution in [-0.2, 0) is 15.3 Å². The van der Waals surface area contributed by atoms with Gasteiger partial charge in [-0.05, 0) is 52.2 Å². The van der Waals surface area contributed by atoms with Crippen molar-refractivity contribution in [1.82, 2.24) is 10.2 Å². The van der Waals surface area contributed by atoms with Gasteiger partial charge in [-0.15, -0.1) is 10.2 Å². The lowest BCUT2D eigenvalue weighted by atomic mass is 9.95. The van der Waals surface area contributed by atoms with Crippen LogP contribution in [0.4, 0.5) is 9.52 Å². The smallest absolute Gasteiger partial charge is 0.301 e. The number of carbonyl (C=O) groups is 2. The van der Waals surface area contributed by atoms with Crippen molar-refractivity contribution in [3.8, 4) is 11.5 Å².